The van der Waals surface area contributed by atoms with Crippen LogP contribution in [-0.4, -0.2) is 67.9 Å². The van der Waals surface area contributed by atoms with Crippen LogP contribution in [-0.2, 0) is 0 Å². The van der Waals surface area contributed by atoms with Crippen molar-refractivity contribution in [2.45, 2.75) is 12.5 Å². The van der Waals surface area contributed by atoms with Crippen molar-refractivity contribution in [2.75, 3.05) is 52.6 Å². The van der Waals surface area contributed by atoms with Gasteiger partial charge in [0.1, 0.15) is 18.5 Å². The molecule has 1 aromatic carbocycles. The van der Waals surface area contributed by atoms with E-state index in [0.717, 1.165) is 18.8 Å². The fourth-order valence-electron chi connectivity index (χ4n) is 2.86. The third-order valence-electron chi connectivity index (χ3n) is 3.90. The lowest BCUT2D eigenvalue weighted by atomic mass is 10.1. The molecule has 3 N–H and O–H groups in total. The number of likely N-dealkylation sites (tertiary alicyclic amines) is 1. The van der Waals surface area contributed by atoms with Gasteiger partial charge in [0.05, 0.1) is 0 Å². The molecule has 0 amide bonds. The Balaban J connectivity index is 1.66. The molecule has 2 rings (SSSR count). The lowest BCUT2D eigenvalue weighted by Gasteiger charge is -2.23. The minimum Gasteiger partial charge on any atom is -0.491 e. The zero-order valence-corrected chi connectivity index (χ0v) is 13.0. The molecule has 2 atom stereocenters. The molecule has 0 saturated carbocycles. The molecule has 0 aromatic heterocycles. The number of ether oxygens (including phenoxy) is 1. The second kappa shape index (κ2) is 7.64. The Morgan fingerprint density at radius 1 is 1.43 bits per heavy atom. The maximum Gasteiger partial charge on any atom is 0.119 e. The highest BCUT2D eigenvalue weighted by Gasteiger charge is 2.21. The molecule has 21 heavy (non-hydrogen) atoms. The number of aliphatic hydroxyl groups excluding tert-OH is 1. The lowest BCUT2D eigenvalue weighted by Crippen LogP contribution is -2.36. The van der Waals surface area contributed by atoms with E-state index < -0.39 is 6.10 Å². The number of nitrogens with zero attached hydrogens (tertiary/aromatic N) is 2. The van der Waals surface area contributed by atoms with Gasteiger partial charge >= 0.3 is 0 Å². The fraction of sp³-hybridized carbons (Fsp3) is 0.625. The molecule has 1 aliphatic heterocycles. The second-order valence-corrected chi connectivity index (χ2v) is 6.17. The molecule has 2 unspecified atom stereocenters. The number of nitrogens with two attached hydrogens (primary N) is 1. The minimum absolute atomic E-state index is 0.304. The van der Waals surface area contributed by atoms with Crippen molar-refractivity contribution in [1.29, 1.82) is 0 Å². The SMILES string of the molecule is CN1CCC(CN(C)CC(O)COc2ccc(N)cc2)C1. The van der Waals surface area contributed by atoms with Crippen molar-refractivity contribution in [3.8, 4) is 5.75 Å². The van der Waals surface area contributed by atoms with Crippen molar-refractivity contribution >= 4 is 5.69 Å². The van der Waals surface area contributed by atoms with Crippen LogP contribution in [0.4, 0.5) is 5.69 Å². The average molecular weight is 293 g/mol. The molecule has 118 valence electrons. The average Bonchev–Trinajstić information content (AvgIpc) is 2.83. The summed E-state index contributed by atoms with van der Waals surface area (Å²) >= 11 is 0. The Bertz CT molecular complexity index is 424. The minimum atomic E-state index is -0.480. The summed E-state index contributed by atoms with van der Waals surface area (Å²) in [4.78, 5) is 4.56. The largest absolute Gasteiger partial charge is 0.491 e. The van der Waals surface area contributed by atoms with Crippen LogP contribution in [0.1, 0.15) is 6.42 Å². The molecule has 0 aliphatic carbocycles. The van der Waals surface area contributed by atoms with Gasteiger partial charge in [-0.1, -0.05) is 0 Å². The van der Waals surface area contributed by atoms with E-state index in [0.29, 0.717) is 24.8 Å². The summed E-state index contributed by atoms with van der Waals surface area (Å²) in [6.07, 6.45) is 0.769. The van der Waals surface area contributed by atoms with Crippen LogP contribution in [0.3, 0.4) is 0 Å². The van der Waals surface area contributed by atoms with Crippen molar-refractivity contribution in [3.63, 3.8) is 0 Å². The third kappa shape index (κ3) is 5.53. The molecule has 1 aromatic rings. The summed E-state index contributed by atoms with van der Waals surface area (Å²) in [5.74, 6) is 1.45. The van der Waals surface area contributed by atoms with E-state index >= 15 is 0 Å². The van der Waals surface area contributed by atoms with E-state index in [1.807, 2.05) is 12.1 Å². The van der Waals surface area contributed by atoms with E-state index in [9.17, 15) is 5.11 Å². The van der Waals surface area contributed by atoms with Crippen molar-refractivity contribution in [3.05, 3.63) is 24.3 Å². The molecular weight excluding hydrogens is 266 g/mol. The number of aliphatic hydroxyl groups is 1. The third-order valence-corrected chi connectivity index (χ3v) is 3.90. The van der Waals surface area contributed by atoms with Crippen LogP contribution in [0.15, 0.2) is 24.3 Å². The van der Waals surface area contributed by atoms with Gasteiger partial charge in [0.25, 0.3) is 0 Å². The Labute approximate surface area is 127 Å². The van der Waals surface area contributed by atoms with Gasteiger partial charge in [0, 0.05) is 25.3 Å². The number of hydrogen-bond donors (Lipinski definition) is 2. The number of rotatable bonds is 7. The predicted molar refractivity (Wildman–Crippen MR) is 85.5 cm³/mol. The normalized spacial score (nSPS) is 20.9. The predicted octanol–water partition coefficient (Wildman–Crippen LogP) is 0.892. The first-order chi connectivity index (χ1) is 10.0. The van der Waals surface area contributed by atoms with E-state index in [1.54, 1.807) is 12.1 Å². The Hall–Kier alpha value is -1.30. The first-order valence-electron chi connectivity index (χ1n) is 7.56. The summed E-state index contributed by atoms with van der Waals surface area (Å²) in [6, 6.07) is 7.23. The molecule has 5 heteroatoms. The van der Waals surface area contributed by atoms with Gasteiger partial charge in [0.15, 0.2) is 0 Å². The topological polar surface area (TPSA) is 62.0 Å². The first kappa shape index (κ1) is 16.1. The Kier molecular flexibility index (Phi) is 5.85. The van der Waals surface area contributed by atoms with E-state index in [4.69, 9.17) is 10.5 Å². The van der Waals surface area contributed by atoms with Gasteiger partial charge in [-0.05, 0) is 57.2 Å². The molecule has 5 nitrogen and oxygen atoms in total. The molecule has 1 heterocycles. The fourth-order valence-corrected chi connectivity index (χ4v) is 2.86. The molecule has 1 fully saturated rings. The van der Waals surface area contributed by atoms with Crippen molar-refractivity contribution in [1.82, 2.24) is 9.80 Å². The van der Waals surface area contributed by atoms with Gasteiger partial charge in [-0.2, -0.15) is 0 Å². The molecule has 1 saturated heterocycles. The summed E-state index contributed by atoms with van der Waals surface area (Å²) in [6.45, 7) is 4.31. The van der Waals surface area contributed by atoms with Gasteiger partial charge < -0.3 is 25.4 Å². The van der Waals surface area contributed by atoms with E-state index in [1.165, 1.54) is 13.0 Å². The van der Waals surface area contributed by atoms with Gasteiger partial charge in [-0.25, -0.2) is 0 Å². The highest BCUT2D eigenvalue weighted by molar-refractivity contribution is 5.41. The molecule has 0 spiro atoms. The van der Waals surface area contributed by atoms with Crippen molar-refractivity contribution < 1.29 is 9.84 Å². The van der Waals surface area contributed by atoms with Gasteiger partial charge in [-0.15, -0.1) is 0 Å². The maximum atomic E-state index is 10.1. The summed E-state index contributed by atoms with van der Waals surface area (Å²) in [7, 11) is 4.22. The summed E-state index contributed by atoms with van der Waals surface area (Å²) in [5.41, 5.74) is 6.33. The quantitative estimate of drug-likeness (QED) is 0.731. The number of likely N-dealkylation sites (N-methyl/N-ethyl adjacent to an activating group) is 1. The number of hydrogen-bond acceptors (Lipinski definition) is 5. The molecular formula is C16H27N3O2. The number of nitrogen functional groups attached to an aromatic ring is 1. The Morgan fingerprint density at radius 2 is 2.14 bits per heavy atom. The zero-order chi connectivity index (χ0) is 15.2. The summed E-state index contributed by atoms with van der Waals surface area (Å²) < 4.78 is 5.57. The lowest BCUT2D eigenvalue weighted by molar-refractivity contribution is 0.0722. The standard InChI is InChI=1S/C16H27N3O2/c1-18-8-7-13(9-18)10-19(2)11-15(20)12-21-16-5-3-14(17)4-6-16/h3-6,13,15,20H,7-12,17H2,1-2H3. The van der Waals surface area contributed by atoms with Crippen LogP contribution in [0.25, 0.3) is 0 Å². The van der Waals surface area contributed by atoms with Crippen molar-refractivity contribution in [2.24, 2.45) is 5.92 Å². The van der Waals surface area contributed by atoms with Crippen LogP contribution in [0.5, 0.6) is 5.75 Å². The second-order valence-electron chi connectivity index (χ2n) is 6.17. The van der Waals surface area contributed by atoms with E-state index in [2.05, 4.69) is 23.9 Å². The molecule has 1 aliphatic rings. The highest BCUT2D eigenvalue weighted by atomic mass is 16.5. The van der Waals surface area contributed by atoms with Gasteiger partial charge in [0.2, 0.25) is 0 Å². The summed E-state index contributed by atoms with van der Waals surface area (Å²) in [5, 5.41) is 10.1. The number of anilines is 1. The molecule has 0 bridgehead atoms. The monoisotopic (exact) mass is 293 g/mol. The number of benzene rings is 1. The van der Waals surface area contributed by atoms with Crippen LogP contribution >= 0.6 is 0 Å². The van der Waals surface area contributed by atoms with Crippen LogP contribution in [0.2, 0.25) is 0 Å². The highest BCUT2D eigenvalue weighted by Crippen LogP contribution is 2.16. The zero-order valence-electron chi connectivity index (χ0n) is 13.0. The van der Waals surface area contributed by atoms with E-state index in [-0.39, 0.29) is 0 Å². The smallest absolute Gasteiger partial charge is 0.119 e. The first-order valence-corrected chi connectivity index (χ1v) is 7.56. The van der Waals surface area contributed by atoms with Crippen LogP contribution in [0, 0.1) is 5.92 Å². The Morgan fingerprint density at radius 3 is 2.76 bits per heavy atom. The van der Waals surface area contributed by atoms with Crippen LogP contribution < -0.4 is 10.5 Å². The molecule has 0 radical (unpaired) electrons. The maximum absolute atomic E-state index is 10.1. The van der Waals surface area contributed by atoms with Gasteiger partial charge in [-0.3, -0.25) is 0 Å².